The highest BCUT2D eigenvalue weighted by Crippen LogP contribution is 2.31. The first-order valence-electron chi connectivity index (χ1n) is 15.7. The summed E-state index contributed by atoms with van der Waals surface area (Å²) in [6, 6.07) is 2.17. The number of amides is 2. The van der Waals surface area contributed by atoms with Crippen molar-refractivity contribution in [2.24, 2.45) is 0 Å². The molecule has 340 valence electrons. The summed E-state index contributed by atoms with van der Waals surface area (Å²) < 4.78 is 91.9. The molecule has 24 nitrogen and oxygen atoms in total. The monoisotopic (exact) mass is 1000 g/mol. The maximum absolute atomic E-state index is 12.8. The Bertz CT molecular complexity index is 2520. The van der Waals surface area contributed by atoms with Gasteiger partial charge in [0.25, 0.3) is 10.0 Å². The number of nitrogens with zero attached hydrogens (tertiary/aromatic N) is 6. The maximum atomic E-state index is 12.8. The van der Waals surface area contributed by atoms with Crippen LogP contribution < -0.4 is 35.4 Å². The number of rotatable bonds is 13. The predicted molar refractivity (Wildman–Crippen MR) is 220 cm³/mol. The second-order valence-electron chi connectivity index (χ2n) is 11.6. The first-order valence-corrected chi connectivity index (χ1v) is 24.9. The van der Waals surface area contributed by atoms with Crippen molar-refractivity contribution < 1.29 is 69.3 Å². The third kappa shape index (κ3) is 19.4. The van der Waals surface area contributed by atoms with Crippen molar-refractivity contribution in [2.45, 2.75) is 25.3 Å². The molecule has 0 saturated carbocycles. The fourth-order valence-electron chi connectivity index (χ4n) is 3.71. The first-order chi connectivity index (χ1) is 27.9. The number of aromatic nitrogens is 6. The Kier molecular flexibility index (Phi) is 21.1. The molecule has 0 aliphatic heterocycles. The molecule has 0 aliphatic carbocycles. The SMILES string of the molecule is COc1nc(C)nc(NC(=O)NS(=O)(=O)c2ccsc2C(=O)O)n1.C[S+](C)C.Cc1nn(-c2cc(NS(C)(=O)=O)c(Cl)cc2Cl)c(=O)n1C(F)F.O=C(O)CNCP(=O)([O-])O. The van der Waals surface area contributed by atoms with Crippen LogP contribution in [0, 0.1) is 13.8 Å². The lowest BCUT2D eigenvalue weighted by Gasteiger charge is -2.14. The van der Waals surface area contributed by atoms with E-state index < -0.39 is 80.5 Å². The second kappa shape index (κ2) is 23.6. The van der Waals surface area contributed by atoms with Crippen molar-refractivity contribution in [1.29, 1.82) is 0 Å². The van der Waals surface area contributed by atoms with Gasteiger partial charge in [0.15, 0.2) is 0 Å². The molecule has 3 heterocycles. The number of nitrogens with one attached hydrogen (secondary N) is 4. The number of hydrogen-bond donors (Lipinski definition) is 7. The van der Waals surface area contributed by atoms with Crippen LogP contribution in [-0.4, -0.2) is 124 Å². The van der Waals surface area contributed by atoms with E-state index in [1.54, 1.807) is 4.72 Å². The lowest BCUT2D eigenvalue weighted by molar-refractivity contribution is -0.193. The van der Waals surface area contributed by atoms with Crippen LogP contribution in [0.2, 0.25) is 10.0 Å². The van der Waals surface area contributed by atoms with Crippen LogP contribution in [0.3, 0.4) is 0 Å². The summed E-state index contributed by atoms with van der Waals surface area (Å²) >= 11 is 12.6. The maximum Gasteiger partial charge on any atom is 0.355 e. The largest absolute Gasteiger partial charge is 0.778 e. The van der Waals surface area contributed by atoms with Crippen LogP contribution in [0.25, 0.3) is 5.69 Å². The Hall–Kier alpha value is -4.52. The van der Waals surface area contributed by atoms with E-state index in [1.165, 1.54) is 32.4 Å². The molecule has 0 radical (unpaired) electrons. The summed E-state index contributed by atoms with van der Waals surface area (Å²) in [5.74, 6) is -2.80. The van der Waals surface area contributed by atoms with Crippen molar-refractivity contribution in [2.75, 3.05) is 55.0 Å². The molecule has 0 fully saturated rings. The van der Waals surface area contributed by atoms with Crippen molar-refractivity contribution >= 4 is 103 Å². The summed E-state index contributed by atoms with van der Waals surface area (Å²) in [7, 11) is -10.4. The quantitative estimate of drug-likeness (QED) is 0.0737. The van der Waals surface area contributed by atoms with Crippen LogP contribution in [0.5, 0.6) is 6.01 Å². The van der Waals surface area contributed by atoms with Gasteiger partial charge in [-0.05, 0) is 48.3 Å². The van der Waals surface area contributed by atoms with Gasteiger partial charge in [-0.1, -0.05) is 23.2 Å². The molecule has 0 spiro atoms. The highest BCUT2D eigenvalue weighted by molar-refractivity contribution is 7.94. The molecule has 3 aromatic heterocycles. The molecule has 4 aromatic rings. The van der Waals surface area contributed by atoms with E-state index in [0.29, 0.717) is 15.6 Å². The Balaban J connectivity index is 0.000000469. The predicted octanol–water partition coefficient (Wildman–Crippen LogP) is 1.53. The minimum Gasteiger partial charge on any atom is -0.778 e. The molecule has 2 amide bonds. The van der Waals surface area contributed by atoms with Gasteiger partial charge in [-0.25, -0.2) is 40.5 Å². The Morgan fingerprint density at radius 2 is 1.66 bits per heavy atom. The molecule has 1 unspecified atom stereocenters. The number of anilines is 2. The van der Waals surface area contributed by atoms with Gasteiger partial charge in [0.2, 0.25) is 16.0 Å². The van der Waals surface area contributed by atoms with E-state index in [2.05, 4.69) is 48.9 Å². The molecule has 0 bridgehead atoms. The van der Waals surface area contributed by atoms with Gasteiger partial charge >= 0.3 is 36.2 Å². The van der Waals surface area contributed by atoms with E-state index in [0.717, 1.165) is 29.7 Å². The topological polar surface area (TPSA) is 356 Å². The van der Waals surface area contributed by atoms with Crippen molar-refractivity contribution in [3.8, 4) is 11.7 Å². The van der Waals surface area contributed by atoms with Crippen LogP contribution in [0.4, 0.5) is 25.2 Å². The van der Waals surface area contributed by atoms with Crippen LogP contribution >= 0.6 is 42.1 Å². The number of thiophene rings is 1. The zero-order chi connectivity index (χ0) is 47.2. The number of ether oxygens (including phenoxy) is 1. The van der Waals surface area contributed by atoms with Gasteiger partial charge in [-0.15, -0.1) is 16.4 Å². The van der Waals surface area contributed by atoms with E-state index in [9.17, 15) is 54.3 Å². The molecule has 0 saturated heterocycles. The van der Waals surface area contributed by atoms with Gasteiger partial charge in [0.1, 0.15) is 29.0 Å². The zero-order valence-corrected chi connectivity index (χ0v) is 38.1. The van der Waals surface area contributed by atoms with Crippen molar-refractivity contribution in [3.05, 3.63) is 60.6 Å². The number of sulfonamides is 2. The number of hydrogen-bond acceptors (Lipinski definition) is 17. The molecular weight excluding hydrogens is 969 g/mol. The highest BCUT2D eigenvalue weighted by Gasteiger charge is 2.26. The summed E-state index contributed by atoms with van der Waals surface area (Å²) in [6.07, 6.45) is 6.78. The van der Waals surface area contributed by atoms with E-state index in [1.807, 2.05) is 5.32 Å². The lowest BCUT2D eigenvalue weighted by atomic mass is 10.3. The number of carbonyl (C=O) groups excluding carboxylic acids is 1. The molecule has 1 aromatic carbocycles. The average Bonchev–Trinajstić information content (AvgIpc) is 3.70. The zero-order valence-electron chi connectivity index (χ0n) is 32.4. The first kappa shape index (κ1) is 54.5. The third-order valence-corrected chi connectivity index (χ3v) is 10.0. The summed E-state index contributed by atoms with van der Waals surface area (Å²) in [5.41, 5.74) is -1.27. The number of aliphatic carboxylic acids is 1. The van der Waals surface area contributed by atoms with Gasteiger partial charge in [-0.2, -0.15) is 28.4 Å². The van der Waals surface area contributed by atoms with Gasteiger partial charge in [0, 0.05) is 0 Å². The number of carboxylic acids is 2. The standard InChI is InChI=1S/C11H10Cl2F2N4O3S.C11H11N5O6S2.C3H8NO5P.C3H9S/c1-5-16-19(11(20)18(5)10(14)15)9-4-8(17-23(2,21)22)6(12)3-7(9)13;1-5-12-9(15-11(13-5)22-2)14-10(19)16-24(20,21)6-3-4-23-7(6)8(17)18;5-3(6)1-4-2-10(7,8)9;1-4(2)3/h3-4,10,17H,1-2H3;3-4H,1-2H3,(H,17,18)(H2,12,13,14,15,16,19);4H,1-2H2,(H,5,6)(H2,7,8,9);1-3H3/q;;;+1/p-1. The van der Waals surface area contributed by atoms with Crippen molar-refractivity contribution in [1.82, 2.24) is 39.3 Å². The number of carbonyl (C=O) groups is 3. The number of alkyl halides is 2. The van der Waals surface area contributed by atoms with Gasteiger partial charge in [-0.3, -0.25) is 20.2 Å². The summed E-state index contributed by atoms with van der Waals surface area (Å²) in [4.78, 5) is 73.0. The molecule has 7 N–H and O–H groups in total. The average molecular weight is 1010 g/mol. The van der Waals surface area contributed by atoms with Crippen LogP contribution in [0.15, 0.2) is 33.3 Å². The number of aryl methyl sites for hydroxylation is 2. The fourth-order valence-corrected chi connectivity index (χ4v) is 7.41. The van der Waals surface area contributed by atoms with E-state index in [-0.39, 0.29) is 49.6 Å². The molecular formula is C28H37Cl2F2N10O14PS4. The second-order valence-corrected chi connectivity index (χ2v) is 20.7. The fraction of sp³-hybridized carbons (Fsp3) is 0.357. The lowest BCUT2D eigenvalue weighted by Crippen LogP contribution is -2.35. The van der Waals surface area contributed by atoms with Crippen molar-refractivity contribution in [3.63, 3.8) is 0 Å². The Morgan fingerprint density at radius 1 is 1.07 bits per heavy atom. The molecule has 4 rings (SSSR count). The number of urea groups is 1. The molecule has 1 atom stereocenters. The summed E-state index contributed by atoms with van der Waals surface area (Å²) in [6.45, 7) is -0.804. The number of aromatic carboxylic acids is 1. The number of methoxy groups -OCH3 is 1. The summed E-state index contributed by atoms with van der Waals surface area (Å²) in [5, 5.41) is 25.9. The highest BCUT2D eigenvalue weighted by atomic mass is 35.5. The Labute approximate surface area is 362 Å². The molecule has 61 heavy (non-hydrogen) atoms. The van der Waals surface area contributed by atoms with Crippen LogP contribution in [0.1, 0.15) is 27.9 Å². The number of carboxylic acid groups (broad SMARTS) is 2. The van der Waals surface area contributed by atoms with E-state index >= 15 is 0 Å². The number of benzene rings is 1. The van der Waals surface area contributed by atoms with Gasteiger partial charge < -0.3 is 29.3 Å². The molecule has 0 aliphatic rings. The normalized spacial score (nSPS) is 12.0. The van der Waals surface area contributed by atoms with E-state index in [4.69, 9.17) is 43.0 Å². The minimum atomic E-state index is -4.37. The third-order valence-electron chi connectivity index (χ3n) is 5.80. The van der Waals surface area contributed by atoms with Crippen LogP contribution in [-0.2, 0) is 40.3 Å². The van der Waals surface area contributed by atoms with Gasteiger partial charge in [0.05, 0.1) is 66.4 Å². The minimum absolute atomic E-state index is 0.0257. The Morgan fingerprint density at radius 3 is 2.13 bits per heavy atom. The molecule has 33 heteroatoms. The number of halogens is 4. The smallest absolute Gasteiger partial charge is 0.355 e.